The fourth-order valence-electron chi connectivity index (χ4n) is 10.3. The number of aliphatic imine (C=N–C) groups is 1. The molecule has 2 spiro atoms. The lowest BCUT2D eigenvalue weighted by molar-refractivity contribution is 0.120. The quantitative estimate of drug-likeness (QED) is 0.0810. The number of nitrogens with one attached hydrogen (secondary N) is 2. The average Bonchev–Trinajstić information content (AvgIpc) is 3.81. The van der Waals surface area contributed by atoms with Crippen molar-refractivity contribution in [1.82, 2.24) is 20.6 Å². The minimum Gasteiger partial charge on any atom is -0.497 e. The Balaban J connectivity index is 0.823. The Labute approximate surface area is 353 Å². The number of piperidine rings is 2. The van der Waals surface area contributed by atoms with Crippen molar-refractivity contribution in [3.63, 3.8) is 0 Å². The third-order valence-corrected chi connectivity index (χ3v) is 15.3. The van der Waals surface area contributed by atoms with Gasteiger partial charge in [0.1, 0.15) is 28.9 Å². The lowest BCUT2D eigenvalue weighted by atomic mass is 9.72. The van der Waals surface area contributed by atoms with Gasteiger partial charge in [-0.15, -0.1) is 0 Å². The highest BCUT2D eigenvalue weighted by Gasteiger charge is 2.47. The maximum atomic E-state index is 6.45. The molecule has 0 radical (unpaired) electrons. The molecule has 10 nitrogen and oxygen atoms in total. The molecule has 0 amide bonds. The standard InChI is InChI=1S/C46H59ClN8O2S/c1-30(52-39-9-5-19-45(39)22-25-55(26-23-45)41-28-51-44(43(49)54-41)58-38-8-4-7-37(48)42(38)47)33-13-17-36(18-14-33)57-29-34-27-46(21-24-50-34)20-6-10-40(46)53-31(2)32-11-15-35(56-3)16-12-32/h4,7-8,11-18,28,30,34,39-40,50,52H,5-6,9-10,19-27,29,48H2,1-3H3,(H2,49,54)/b53-31-/t30-,34?,39-,40?,46?/m1/s1. The van der Waals surface area contributed by atoms with Gasteiger partial charge in [-0.2, -0.15) is 0 Å². The lowest BCUT2D eigenvalue weighted by Gasteiger charge is -2.44. The first kappa shape index (κ1) is 40.7. The van der Waals surface area contributed by atoms with Crippen LogP contribution in [0.4, 0.5) is 17.3 Å². The molecular weight excluding hydrogens is 764 g/mol. The van der Waals surface area contributed by atoms with Crippen LogP contribution in [0, 0.1) is 10.8 Å². The summed E-state index contributed by atoms with van der Waals surface area (Å²) < 4.78 is 11.8. The fourth-order valence-corrected chi connectivity index (χ4v) is 11.3. The fraction of sp³-hybridized carbons (Fsp3) is 0.500. The molecular formula is C46H59ClN8O2S. The van der Waals surface area contributed by atoms with Gasteiger partial charge in [-0.25, -0.2) is 9.97 Å². The van der Waals surface area contributed by atoms with E-state index < -0.39 is 0 Å². The Hall–Kier alpha value is -4.03. The van der Waals surface area contributed by atoms with Crippen molar-refractivity contribution in [1.29, 1.82) is 0 Å². The highest BCUT2D eigenvalue weighted by atomic mass is 35.5. The zero-order valence-electron chi connectivity index (χ0n) is 34.2. The van der Waals surface area contributed by atoms with Gasteiger partial charge in [-0.3, -0.25) is 4.99 Å². The highest BCUT2D eigenvalue weighted by Crippen LogP contribution is 2.49. The number of ether oxygens (including phenoxy) is 2. The first-order valence-electron chi connectivity index (χ1n) is 21.1. The Kier molecular flexibility index (Phi) is 12.4. The minimum atomic E-state index is 0.244. The zero-order chi connectivity index (χ0) is 40.3. The maximum absolute atomic E-state index is 6.45. The molecule has 308 valence electrons. The summed E-state index contributed by atoms with van der Waals surface area (Å²) in [6, 6.07) is 24.0. The molecule has 12 heteroatoms. The van der Waals surface area contributed by atoms with E-state index in [1.165, 1.54) is 61.4 Å². The van der Waals surface area contributed by atoms with Gasteiger partial charge in [-0.1, -0.05) is 54.4 Å². The van der Waals surface area contributed by atoms with E-state index in [0.717, 1.165) is 73.2 Å². The van der Waals surface area contributed by atoms with Crippen LogP contribution >= 0.6 is 23.4 Å². The van der Waals surface area contributed by atoms with Crippen LogP contribution in [-0.2, 0) is 0 Å². The second-order valence-electron chi connectivity index (χ2n) is 17.1. The molecule has 4 aliphatic rings. The van der Waals surface area contributed by atoms with Crippen molar-refractivity contribution in [3.05, 3.63) is 89.1 Å². The summed E-state index contributed by atoms with van der Waals surface area (Å²) >= 11 is 7.81. The Bertz CT molecular complexity index is 2060. The van der Waals surface area contributed by atoms with Crippen molar-refractivity contribution >= 4 is 46.4 Å². The minimum absolute atomic E-state index is 0.244. The largest absolute Gasteiger partial charge is 0.497 e. The van der Waals surface area contributed by atoms with Gasteiger partial charge >= 0.3 is 0 Å². The average molecular weight is 824 g/mol. The van der Waals surface area contributed by atoms with Crippen LogP contribution in [0.2, 0.25) is 5.02 Å². The van der Waals surface area contributed by atoms with Crippen LogP contribution in [0.15, 0.2) is 87.8 Å². The topological polar surface area (TPSA) is 136 Å². The third-order valence-electron chi connectivity index (χ3n) is 13.6. The SMILES string of the molecule is COc1ccc(/C(C)=N\C2CCCC23CCNC(COc2ccc([C@@H](C)N[C@@H]4CCCC45CCN(c4cnc(Sc6cccc(N)c6Cl)c(N)n4)CC5)cc2)C3)cc1. The molecule has 58 heavy (non-hydrogen) atoms. The maximum Gasteiger partial charge on any atom is 0.158 e. The van der Waals surface area contributed by atoms with Gasteiger partial charge in [0.05, 0.1) is 30.1 Å². The van der Waals surface area contributed by atoms with Gasteiger partial charge in [-0.05, 0) is 142 Å². The van der Waals surface area contributed by atoms with Crippen LogP contribution in [0.25, 0.3) is 0 Å². The lowest BCUT2D eigenvalue weighted by Crippen LogP contribution is -2.49. The van der Waals surface area contributed by atoms with Crippen molar-refractivity contribution in [3.8, 4) is 11.5 Å². The molecule has 8 rings (SSSR count). The normalized spacial score (nSPS) is 25.0. The Morgan fingerprint density at radius 2 is 1.72 bits per heavy atom. The molecule has 5 atom stereocenters. The number of aromatic nitrogens is 2. The van der Waals surface area contributed by atoms with Gasteiger partial charge in [0, 0.05) is 41.8 Å². The predicted octanol–water partition coefficient (Wildman–Crippen LogP) is 9.12. The van der Waals surface area contributed by atoms with Crippen molar-refractivity contribution in [2.45, 2.75) is 112 Å². The second kappa shape index (κ2) is 17.7. The number of nitrogen functional groups attached to an aromatic ring is 2. The molecule has 2 aliphatic carbocycles. The van der Waals surface area contributed by atoms with Gasteiger partial charge in [0.2, 0.25) is 0 Å². The number of hydrogen-bond acceptors (Lipinski definition) is 11. The summed E-state index contributed by atoms with van der Waals surface area (Å²) in [6.45, 7) is 8.02. The van der Waals surface area contributed by atoms with Crippen LogP contribution in [0.5, 0.6) is 11.5 Å². The molecule has 6 N–H and O–H groups in total. The summed E-state index contributed by atoms with van der Waals surface area (Å²) in [7, 11) is 1.71. The van der Waals surface area contributed by atoms with Gasteiger partial charge < -0.3 is 36.5 Å². The van der Waals surface area contributed by atoms with E-state index in [4.69, 9.17) is 42.5 Å². The van der Waals surface area contributed by atoms with E-state index in [1.807, 2.05) is 30.5 Å². The van der Waals surface area contributed by atoms with E-state index in [1.54, 1.807) is 13.2 Å². The smallest absolute Gasteiger partial charge is 0.158 e. The highest BCUT2D eigenvalue weighted by molar-refractivity contribution is 7.99. The predicted molar refractivity (Wildman–Crippen MR) is 238 cm³/mol. The van der Waals surface area contributed by atoms with E-state index in [0.29, 0.717) is 46.3 Å². The summed E-state index contributed by atoms with van der Waals surface area (Å²) in [5, 5.41) is 8.97. The van der Waals surface area contributed by atoms with E-state index in [9.17, 15) is 0 Å². The third kappa shape index (κ3) is 8.79. The molecule has 0 bridgehead atoms. The monoisotopic (exact) mass is 822 g/mol. The molecule has 3 unspecified atom stereocenters. The first-order chi connectivity index (χ1) is 28.1. The van der Waals surface area contributed by atoms with Crippen LogP contribution in [-0.4, -0.2) is 67.2 Å². The van der Waals surface area contributed by atoms with Gasteiger partial charge in [0.15, 0.2) is 5.82 Å². The van der Waals surface area contributed by atoms with Crippen LogP contribution in [0.1, 0.15) is 95.2 Å². The number of halogens is 1. The Morgan fingerprint density at radius 1 is 0.983 bits per heavy atom. The van der Waals surface area contributed by atoms with Crippen molar-refractivity contribution in [2.75, 3.05) is 49.7 Å². The number of nitrogens with two attached hydrogens (primary N) is 2. The van der Waals surface area contributed by atoms with Gasteiger partial charge in [0.25, 0.3) is 0 Å². The number of methoxy groups -OCH3 is 1. The molecule has 2 saturated heterocycles. The van der Waals surface area contributed by atoms with Crippen LogP contribution < -0.4 is 36.5 Å². The number of hydrogen-bond donors (Lipinski definition) is 4. The number of nitrogens with zero attached hydrogens (tertiary/aromatic N) is 4. The summed E-state index contributed by atoms with van der Waals surface area (Å²) in [5.74, 6) is 3.05. The van der Waals surface area contributed by atoms with Crippen LogP contribution in [0.3, 0.4) is 0 Å². The summed E-state index contributed by atoms with van der Waals surface area (Å²) in [4.78, 5) is 17.9. The molecule has 1 aromatic heterocycles. The molecule has 4 aromatic rings. The first-order valence-corrected chi connectivity index (χ1v) is 22.3. The number of rotatable bonds is 12. The molecule has 2 saturated carbocycles. The zero-order valence-corrected chi connectivity index (χ0v) is 35.8. The molecule has 4 fully saturated rings. The molecule has 3 heterocycles. The van der Waals surface area contributed by atoms with Crippen molar-refractivity contribution in [2.24, 2.45) is 15.8 Å². The van der Waals surface area contributed by atoms with Crippen molar-refractivity contribution < 1.29 is 9.47 Å². The van der Waals surface area contributed by atoms with E-state index in [-0.39, 0.29) is 16.9 Å². The number of benzene rings is 3. The molecule has 2 aliphatic heterocycles. The van der Waals surface area contributed by atoms with E-state index >= 15 is 0 Å². The molecule has 3 aromatic carbocycles. The number of anilines is 3. The summed E-state index contributed by atoms with van der Waals surface area (Å²) in [5.41, 5.74) is 17.1. The summed E-state index contributed by atoms with van der Waals surface area (Å²) in [6.07, 6.45) is 13.7. The van der Waals surface area contributed by atoms with E-state index in [2.05, 4.69) is 70.8 Å². The second-order valence-corrected chi connectivity index (χ2v) is 18.5. The Morgan fingerprint density at radius 3 is 2.48 bits per heavy atom.